The summed E-state index contributed by atoms with van der Waals surface area (Å²) in [4.78, 5) is 0. The van der Waals surface area contributed by atoms with Crippen LogP contribution < -0.4 is 4.74 Å². The maximum absolute atomic E-state index is 6.32. The van der Waals surface area contributed by atoms with Gasteiger partial charge in [-0.05, 0) is 34.0 Å². The van der Waals surface area contributed by atoms with Gasteiger partial charge in [-0.2, -0.15) is 0 Å². The SMILES string of the molecule is c1ccc(CO[C@H]2C[C@H](Oc3ccc4ccccc4c3)OC[C@H]2OCc2ccccc2)cc1. The lowest BCUT2D eigenvalue weighted by atomic mass is 10.1. The highest BCUT2D eigenvalue weighted by Gasteiger charge is 2.34. The fraction of sp³-hybridized carbons (Fsp3) is 0.241. The summed E-state index contributed by atoms with van der Waals surface area (Å²) in [7, 11) is 0. The van der Waals surface area contributed by atoms with Crippen LogP contribution in [0.15, 0.2) is 103 Å². The van der Waals surface area contributed by atoms with Crippen molar-refractivity contribution in [1.82, 2.24) is 0 Å². The van der Waals surface area contributed by atoms with E-state index in [1.165, 1.54) is 5.39 Å². The van der Waals surface area contributed by atoms with Gasteiger partial charge < -0.3 is 18.9 Å². The number of benzene rings is 4. The van der Waals surface area contributed by atoms with E-state index in [0.29, 0.717) is 26.2 Å². The van der Waals surface area contributed by atoms with Gasteiger partial charge in [0, 0.05) is 6.42 Å². The molecule has 1 aliphatic heterocycles. The monoisotopic (exact) mass is 440 g/mol. The summed E-state index contributed by atoms with van der Waals surface area (Å²) in [5.41, 5.74) is 2.27. The van der Waals surface area contributed by atoms with Gasteiger partial charge in [0.1, 0.15) is 11.9 Å². The second kappa shape index (κ2) is 10.6. The molecule has 0 unspecified atom stereocenters. The first-order valence-corrected chi connectivity index (χ1v) is 11.4. The smallest absolute Gasteiger partial charge is 0.202 e. The third kappa shape index (κ3) is 5.79. The van der Waals surface area contributed by atoms with Crippen molar-refractivity contribution in [2.75, 3.05) is 6.61 Å². The molecule has 0 bridgehead atoms. The molecule has 0 radical (unpaired) electrons. The maximum atomic E-state index is 6.32. The first kappa shape index (κ1) is 21.7. The Kier molecular flexibility index (Phi) is 6.97. The van der Waals surface area contributed by atoms with Crippen molar-refractivity contribution >= 4 is 10.8 Å². The molecule has 0 aromatic heterocycles. The quantitative estimate of drug-likeness (QED) is 0.330. The summed E-state index contributed by atoms with van der Waals surface area (Å²) in [5, 5.41) is 2.33. The van der Waals surface area contributed by atoms with E-state index in [-0.39, 0.29) is 18.5 Å². The van der Waals surface area contributed by atoms with Gasteiger partial charge in [-0.15, -0.1) is 0 Å². The zero-order valence-electron chi connectivity index (χ0n) is 18.5. The Bertz CT molecular complexity index is 1150. The zero-order chi connectivity index (χ0) is 22.3. The average molecular weight is 441 g/mol. The van der Waals surface area contributed by atoms with E-state index >= 15 is 0 Å². The molecule has 4 nitrogen and oxygen atoms in total. The average Bonchev–Trinajstić information content (AvgIpc) is 2.88. The fourth-order valence-electron chi connectivity index (χ4n) is 4.08. The molecule has 4 aromatic carbocycles. The highest BCUT2D eigenvalue weighted by Crippen LogP contribution is 2.27. The molecule has 0 saturated carbocycles. The number of hydrogen-bond acceptors (Lipinski definition) is 4. The van der Waals surface area contributed by atoms with Gasteiger partial charge in [-0.25, -0.2) is 0 Å². The van der Waals surface area contributed by atoms with E-state index in [2.05, 4.69) is 48.5 Å². The normalized spacial score (nSPS) is 20.5. The van der Waals surface area contributed by atoms with Gasteiger partial charge in [0.05, 0.1) is 25.9 Å². The van der Waals surface area contributed by atoms with Gasteiger partial charge in [0.15, 0.2) is 0 Å². The molecule has 3 atom stereocenters. The highest BCUT2D eigenvalue weighted by molar-refractivity contribution is 5.83. The molecule has 1 saturated heterocycles. The fourth-order valence-corrected chi connectivity index (χ4v) is 4.08. The van der Waals surface area contributed by atoms with Crippen LogP contribution in [-0.2, 0) is 27.4 Å². The zero-order valence-corrected chi connectivity index (χ0v) is 18.5. The third-order valence-corrected chi connectivity index (χ3v) is 5.89. The standard InChI is InChI=1S/C29H28O4/c1-3-9-22(10-4-1)19-30-27-18-29(32-21-28(27)31-20-23-11-5-2-6-12-23)33-26-16-15-24-13-7-8-14-25(24)17-26/h1-17,27-29H,18-21H2/t27-,28+,29-/m0/s1. The van der Waals surface area contributed by atoms with Crippen LogP contribution in [0.4, 0.5) is 0 Å². The van der Waals surface area contributed by atoms with Crippen molar-refractivity contribution < 1.29 is 18.9 Å². The Morgan fingerprint density at radius 2 is 1.24 bits per heavy atom. The lowest BCUT2D eigenvalue weighted by molar-refractivity contribution is -0.213. The summed E-state index contributed by atoms with van der Waals surface area (Å²) in [6, 6.07) is 34.8. The van der Waals surface area contributed by atoms with Gasteiger partial charge >= 0.3 is 0 Å². The molecule has 0 N–H and O–H groups in total. The lowest BCUT2D eigenvalue weighted by Gasteiger charge is -2.36. The minimum atomic E-state index is -0.386. The minimum Gasteiger partial charge on any atom is -0.465 e. The predicted molar refractivity (Wildman–Crippen MR) is 129 cm³/mol. The molecule has 1 heterocycles. The first-order chi connectivity index (χ1) is 16.3. The van der Waals surface area contributed by atoms with Crippen LogP contribution in [0.1, 0.15) is 17.5 Å². The molecule has 5 rings (SSSR count). The van der Waals surface area contributed by atoms with Crippen LogP contribution in [0.5, 0.6) is 5.75 Å². The Morgan fingerprint density at radius 3 is 1.94 bits per heavy atom. The molecular formula is C29H28O4. The molecule has 1 aliphatic rings. The highest BCUT2D eigenvalue weighted by atomic mass is 16.7. The molecule has 0 spiro atoms. The van der Waals surface area contributed by atoms with Crippen LogP contribution >= 0.6 is 0 Å². The molecule has 4 heteroatoms. The van der Waals surface area contributed by atoms with Crippen molar-refractivity contribution in [3.63, 3.8) is 0 Å². The first-order valence-electron chi connectivity index (χ1n) is 11.4. The van der Waals surface area contributed by atoms with Crippen LogP contribution in [0.25, 0.3) is 10.8 Å². The summed E-state index contributed by atoms with van der Waals surface area (Å²) >= 11 is 0. The van der Waals surface area contributed by atoms with Crippen LogP contribution in [0.3, 0.4) is 0 Å². The predicted octanol–water partition coefficient (Wildman–Crippen LogP) is 6.14. The van der Waals surface area contributed by atoms with E-state index in [4.69, 9.17) is 18.9 Å². The van der Waals surface area contributed by atoms with E-state index < -0.39 is 0 Å². The van der Waals surface area contributed by atoms with Crippen molar-refractivity contribution in [2.24, 2.45) is 0 Å². The Morgan fingerprint density at radius 1 is 0.636 bits per heavy atom. The topological polar surface area (TPSA) is 36.9 Å². The number of hydrogen-bond donors (Lipinski definition) is 0. The van der Waals surface area contributed by atoms with Gasteiger partial charge in [-0.1, -0.05) is 91.0 Å². The van der Waals surface area contributed by atoms with Crippen LogP contribution in [0, 0.1) is 0 Å². The molecular weight excluding hydrogens is 412 g/mol. The van der Waals surface area contributed by atoms with Gasteiger partial charge in [0.2, 0.25) is 6.29 Å². The molecule has 1 fully saturated rings. The second-order valence-electron chi connectivity index (χ2n) is 8.30. The number of fused-ring (bicyclic) bond motifs is 1. The van der Waals surface area contributed by atoms with Crippen LogP contribution in [-0.4, -0.2) is 25.1 Å². The van der Waals surface area contributed by atoms with Crippen molar-refractivity contribution in [2.45, 2.75) is 38.1 Å². The van der Waals surface area contributed by atoms with Crippen LogP contribution in [0.2, 0.25) is 0 Å². The maximum Gasteiger partial charge on any atom is 0.202 e. The Hall–Kier alpha value is -3.18. The largest absolute Gasteiger partial charge is 0.465 e. The van der Waals surface area contributed by atoms with E-state index in [0.717, 1.165) is 22.3 Å². The molecule has 0 amide bonds. The Balaban J connectivity index is 1.25. The summed E-state index contributed by atoms with van der Waals surface area (Å²) in [6.07, 6.45) is -0.0824. The lowest BCUT2D eigenvalue weighted by Crippen LogP contribution is -2.46. The molecule has 33 heavy (non-hydrogen) atoms. The summed E-state index contributed by atoms with van der Waals surface area (Å²) < 4.78 is 24.8. The van der Waals surface area contributed by atoms with Gasteiger partial charge in [0.25, 0.3) is 0 Å². The molecule has 168 valence electrons. The van der Waals surface area contributed by atoms with Crippen molar-refractivity contribution in [1.29, 1.82) is 0 Å². The third-order valence-electron chi connectivity index (χ3n) is 5.89. The van der Waals surface area contributed by atoms with Crippen molar-refractivity contribution in [3.05, 3.63) is 114 Å². The van der Waals surface area contributed by atoms with E-state index in [1.54, 1.807) is 0 Å². The van der Waals surface area contributed by atoms with Gasteiger partial charge in [-0.3, -0.25) is 0 Å². The summed E-state index contributed by atoms with van der Waals surface area (Å²) in [5.74, 6) is 0.796. The minimum absolute atomic E-state index is 0.131. The Labute approximate surface area is 194 Å². The second-order valence-corrected chi connectivity index (χ2v) is 8.30. The van der Waals surface area contributed by atoms with Crippen molar-refractivity contribution in [3.8, 4) is 5.75 Å². The summed E-state index contributed by atoms with van der Waals surface area (Å²) in [6.45, 7) is 1.47. The number of ether oxygens (including phenoxy) is 4. The molecule has 4 aromatic rings. The van der Waals surface area contributed by atoms with E-state index in [1.807, 2.05) is 54.6 Å². The molecule has 0 aliphatic carbocycles. The number of rotatable bonds is 8. The van der Waals surface area contributed by atoms with E-state index in [9.17, 15) is 0 Å².